The number of rotatable bonds is 9. The third-order valence-corrected chi connectivity index (χ3v) is 7.84. The summed E-state index contributed by atoms with van der Waals surface area (Å²) in [5.74, 6) is -2.07. The van der Waals surface area contributed by atoms with Crippen LogP contribution in [0, 0.1) is 29.2 Å². The molecule has 0 aromatic heterocycles. The Hall–Kier alpha value is -3.30. The van der Waals surface area contributed by atoms with E-state index in [1.807, 2.05) is 0 Å². The standard InChI is InChI=1S/C30H31F4N2O3.ClH/c31-23-8-6-21(7-9-23)19-35(27-5-2-1-4-25(27)33)30(37)39-29-20-36(15-12-22(29)13-16-36)14-3-17-38-28-11-10-24(32)18-26(28)34;/h1-2,4-11,18,22,29H,3,12-17,19-20H2;1H/q+1;/p-1/t22?,29-,36?;/m0./s1. The minimum Gasteiger partial charge on any atom is -1.00 e. The van der Waals surface area contributed by atoms with E-state index in [0.29, 0.717) is 18.5 Å². The van der Waals surface area contributed by atoms with Gasteiger partial charge in [-0.25, -0.2) is 22.4 Å². The molecule has 3 saturated heterocycles. The zero-order chi connectivity index (χ0) is 27.4. The van der Waals surface area contributed by atoms with Gasteiger partial charge in [-0.2, -0.15) is 0 Å². The van der Waals surface area contributed by atoms with Gasteiger partial charge in [0.1, 0.15) is 24.0 Å². The van der Waals surface area contributed by atoms with Gasteiger partial charge in [0.25, 0.3) is 0 Å². The normalized spacial score (nSPS) is 21.4. The lowest BCUT2D eigenvalue weighted by molar-refractivity contribution is -0.946. The molecule has 0 unspecified atom stereocenters. The minimum absolute atomic E-state index is 0. The number of hydrogen-bond acceptors (Lipinski definition) is 3. The number of para-hydroxylation sites is 1. The van der Waals surface area contributed by atoms with Crippen molar-refractivity contribution in [2.45, 2.75) is 31.9 Å². The van der Waals surface area contributed by atoms with Crippen LogP contribution in [0.5, 0.6) is 5.75 Å². The van der Waals surface area contributed by atoms with E-state index in [1.165, 1.54) is 35.2 Å². The van der Waals surface area contributed by atoms with Crippen LogP contribution >= 0.6 is 0 Å². The van der Waals surface area contributed by atoms with Crippen LogP contribution in [0.25, 0.3) is 0 Å². The van der Waals surface area contributed by atoms with Gasteiger partial charge in [-0.15, -0.1) is 0 Å². The molecule has 0 spiro atoms. The van der Waals surface area contributed by atoms with Crippen molar-refractivity contribution in [1.82, 2.24) is 0 Å². The third-order valence-electron chi connectivity index (χ3n) is 7.84. The first kappa shape index (κ1) is 29.7. The van der Waals surface area contributed by atoms with E-state index in [2.05, 4.69) is 0 Å². The first-order valence-corrected chi connectivity index (χ1v) is 13.2. The van der Waals surface area contributed by atoms with E-state index in [9.17, 15) is 22.4 Å². The predicted molar refractivity (Wildman–Crippen MR) is 138 cm³/mol. The topological polar surface area (TPSA) is 38.8 Å². The average molecular weight is 579 g/mol. The van der Waals surface area contributed by atoms with Crippen LogP contribution in [0.15, 0.2) is 66.7 Å². The summed E-state index contributed by atoms with van der Waals surface area (Å²) in [4.78, 5) is 14.7. The second kappa shape index (κ2) is 12.9. The molecule has 3 heterocycles. The Labute approximate surface area is 237 Å². The number of quaternary nitrogens is 1. The van der Waals surface area contributed by atoms with Gasteiger partial charge < -0.3 is 26.4 Å². The summed E-state index contributed by atoms with van der Waals surface area (Å²) in [6.07, 6.45) is 1.51. The zero-order valence-electron chi connectivity index (χ0n) is 21.9. The number of halogens is 5. The number of carbonyl (C=O) groups is 1. The largest absolute Gasteiger partial charge is 1.00 e. The van der Waals surface area contributed by atoms with Crippen molar-refractivity contribution in [2.24, 2.45) is 5.92 Å². The van der Waals surface area contributed by atoms with Gasteiger partial charge in [0.05, 0.1) is 38.5 Å². The summed E-state index contributed by atoms with van der Waals surface area (Å²) >= 11 is 0. The van der Waals surface area contributed by atoms with E-state index < -0.39 is 29.4 Å². The number of ether oxygens (including phenoxy) is 2. The van der Waals surface area contributed by atoms with Gasteiger partial charge >= 0.3 is 6.09 Å². The zero-order valence-corrected chi connectivity index (χ0v) is 22.6. The number of anilines is 1. The van der Waals surface area contributed by atoms with Gasteiger partial charge in [0, 0.05) is 31.2 Å². The molecule has 3 aromatic carbocycles. The molecule has 3 aliphatic heterocycles. The van der Waals surface area contributed by atoms with Crippen molar-refractivity contribution < 1.29 is 48.7 Å². The van der Waals surface area contributed by atoms with E-state index in [-0.39, 0.29) is 49.0 Å². The molecular weight excluding hydrogens is 548 g/mol. The molecule has 5 nitrogen and oxygen atoms in total. The summed E-state index contributed by atoms with van der Waals surface area (Å²) in [5.41, 5.74) is 0.744. The highest BCUT2D eigenvalue weighted by Gasteiger charge is 2.47. The van der Waals surface area contributed by atoms with Gasteiger partial charge in [0.15, 0.2) is 17.7 Å². The molecule has 0 saturated carbocycles. The van der Waals surface area contributed by atoms with Crippen LogP contribution in [0.3, 0.4) is 0 Å². The second-order valence-corrected chi connectivity index (χ2v) is 10.4. The molecule has 0 aliphatic carbocycles. The molecule has 214 valence electrons. The first-order chi connectivity index (χ1) is 18.8. The molecule has 0 N–H and O–H groups in total. The van der Waals surface area contributed by atoms with E-state index in [0.717, 1.165) is 49.1 Å². The highest BCUT2D eigenvalue weighted by Crippen LogP contribution is 2.36. The van der Waals surface area contributed by atoms with Crippen molar-refractivity contribution in [2.75, 3.05) is 37.7 Å². The Bertz CT molecular complexity index is 1300. The molecule has 10 heteroatoms. The molecule has 6 rings (SSSR count). The molecule has 1 amide bonds. The number of carbonyl (C=O) groups excluding carboxylic acids is 1. The highest BCUT2D eigenvalue weighted by molar-refractivity contribution is 5.87. The summed E-state index contributed by atoms with van der Waals surface area (Å²) in [7, 11) is 0. The summed E-state index contributed by atoms with van der Waals surface area (Å²) < 4.78 is 67.5. The molecular formula is C30H31ClF4N2O3. The van der Waals surface area contributed by atoms with Crippen LogP contribution in [0.4, 0.5) is 28.0 Å². The maximum atomic E-state index is 14.7. The molecule has 3 aliphatic rings. The Morgan fingerprint density at radius 1 is 0.900 bits per heavy atom. The molecule has 1 atom stereocenters. The van der Waals surface area contributed by atoms with E-state index in [1.54, 1.807) is 24.3 Å². The van der Waals surface area contributed by atoms with Gasteiger partial charge in [-0.3, -0.25) is 4.90 Å². The second-order valence-electron chi connectivity index (χ2n) is 10.4. The Kier molecular flexibility index (Phi) is 9.58. The molecule has 3 aromatic rings. The molecule has 0 radical (unpaired) electrons. The van der Waals surface area contributed by atoms with E-state index in [4.69, 9.17) is 9.47 Å². The summed E-state index contributed by atoms with van der Waals surface area (Å²) in [6.45, 7) is 3.65. The lowest BCUT2D eigenvalue weighted by Gasteiger charge is -2.52. The fourth-order valence-electron chi connectivity index (χ4n) is 5.73. The minimum atomic E-state index is -0.729. The highest BCUT2D eigenvalue weighted by atomic mass is 35.5. The van der Waals surface area contributed by atoms with Crippen LogP contribution in [-0.4, -0.2) is 49.5 Å². The van der Waals surface area contributed by atoms with Crippen LogP contribution < -0.4 is 22.0 Å². The van der Waals surface area contributed by atoms with Crippen LogP contribution in [0.1, 0.15) is 24.8 Å². The average Bonchev–Trinajstić information content (AvgIpc) is 2.93. The maximum Gasteiger partial charge on any atom is 0.415 e. The lowest BCUT2D eigenvalue weighted by Crippen LogP contribution is -3.00. The van der Waals surface area contributed by atoms with Gasteiger partial charge in [0.2, 0.25) is 0 Å². The number of hydrogen-bond donors (Lipinski definition) is 0. The molecule has 40 heavy (non-hydrogen) atoms. The molecule has 2 bridgehead atoms. The van der Waals surface area contributed by atoms with Gasteiger partial charge in [-0.05, 0) is 42.0 Å². The number of piperidine rings is 3. The summed E-state index contributed by atoms with van der Waals surface area (Å²) in [5, 5.41) is 0. The van der Waals surface area contributed by atoms with Crippen LogP contribution in [-0.2, 0) is 11.3 Å². The predicted octanol–water partition coefficient (Wildman–Crippen LogP) is 3.47. The monoisotopic (exact) mass is 578 g/mol. The number of benzene rings is 3. The van der Waals surface area contributed by atoms with Gasteiger partial charge in [-0.1, -0.05) is 24.3 Å². The Morgan fingerprint density at radius 2 is 1.60 bits per heavy atom. The third kappa shape index (κ3) is 6.88. The smallest absolute Gasteiger partial charge is 0.415 e. The van der Waals surface area contributed by atoms with Crippen molar-refractivity contribution in [3.63, 3.8) is 0 Å². The Balaban J connectivity index is 0.00000370. The van der Waals surface area contributed by atoms with Crippen molar-refractivity contribution in [1.29, 1.82) is 0 Å². The fourth-order valence-corrected chi connectivity index (χ4v) is 5.73. The van der Waals surface area contributed by atoms with Crippen LogP contribution in [0.2, 0.25) is 0 Å². The van der Waals surface area contributed by atoms with Crippen molar-refractivity contribution in [3.05, 3.63) is 95.6 Å². The Morgan fingerprint density at radius 3 is 2.30 bits per heavy atom. The number of nitrogens with zero attached hydrogens (tertiary/aromatic N) is 2. The maximum absolute atomic E-state index is 14.7. The summed E-state index contributed by atoms with van der Waals surface area (Å²) in [6, 6.07) is 15.0. The van der Waals surface area contributed by atoms with E-state index >= 15 is 0 Å². The lowest BCUT2D eigenvalue weighted by atomic mass is 9.83. The van der Waals surface area contributed by atoms with Crippen molar-refractivity contribution >= 4 is 11.8 Å². The number of amides is 1. The number of fused-ring (bicyclic) bond motifs is 3. The SMILES string of the molecule is O=C(O[C@H]1C[N+]2(CCCOc3ccc(F)cc3F)CCC1CC2)N(Cc1ccc(F)cc1)c1ccccc1F.[Cl-]. The molecule has 3 fully saturated rings. The first-order valence-electron chi connectivity index (χ1n) is 13.2. The fraction of sp³-hybridized carbons (Fsp3) is 0.367. The van der Waals surface area contributed by atoms with Crippen molar-refractivity contribution in [3.8, 4) is 5.75 Å². The quantitative estimate of drug-likeness (QED) is 0.222.